The van der Waals surface area contributed by atoms with E-state index in [1.165, 1.54) is 56.6 Å². The van der Waals surface area contributed by atoms with Crippen LogP contribution in [0.5, 0.6) is 28.7 Å². The molecule has 4 heterocycles. The predicted octanol–water partition coefficient (Wildman–Crippen LogP) is 27.5. The van der Waals surface area contributed by atoms with E-state index in [9.17, 15) is 19.5 Å². The van der Waals surface area contributed by atoms with Crippen LogP contribution in [0.2, 0.25) is 0 Å². The lowest BCUT2D eigenvalue weighted by Crippen LogP contribution is -2.28. The number of imidazole rings is 4. The number of rotatable bonds is 18. The molecule has 0 unspecified atom stereocenters. The zero-order valence-corrected chi connectivity index (χ0v) is 76.5. The van der Waals surface area contributed by atoms with E-state index in [0.717, 1.165) is 179 Å². The number of aromatic amines is 4. The number of aromatic carboxylic acids is 2. The second-order valence-corrected chi connectivity index (χ2v) is 35.1. The first-order chi connectivity index (χ1) is 68.2. The van der Waals surface area contributed by atoms with Crippen molar-refractivity contribution in [2.45, 2.75) is 38.5 Å². The second kappa shape index (κ2) is 36.9. The van der Waals surface area contributed by atoms with E-state index in [2.05, 4.69) is 226 Å². The van der Waals surface area contributed by atoms with Crippen molar-refractivity contribution in [3.63, 3.8) is 0 Å². The summed E-state index contributed by atoms with van der Waals surface area (Å²) in [6.07, 6.45) is 0. The van der Waals surface area contributed by atoms with Crippen LogP contribution in [0.15, 0.2) is 400 Å². The average molecular weight is 1830 g/mol. The number of H-pyrrole nitrogens is 4. The first-order valence-corrected chi connectivity index (χ1v) is 45.8. The van der Waals surface area contributed by atoms with E-state index in [1.54, 1.807) is 42.5 Å². The van der Waals surface area contributed by atoms with Crippen LogP contribution in [-0.2, 0) is 15.6 Å². The normalized spacial score (nSPS) is 12.2. The number of nitrogen functional groups attached to an aromatic ring is 3. The van der Waals surface area contributed by atoms with Crippen LogP contribution in [0.4, 0.5) is 17.1 Å². The van der Waals surface area contributed by atoms with Gasteiger partial charge >= 0.3 is 11.9 Å². The van der Waals surface area contributed by atoms with Crippen molar-refractivity contribution in [2.24, 2.45) is 0 Å². The molecular weight excluding hydrogens is 1740 g/mol. The number of nitrogens with two attached hydrogens (primary N) is 3. The number of aryl methyl sites for hydroxylation is 4. The lowest BCUT2D eigenvalue weighted by molar-refractivity contribution is -0.120. The van der Waals surface area contributed by atoms with Crippen LogP contribution in [0.1, 0.15) is 87.7 Å². The lowest BCUT2D eigenvalue weighted by Gasteiger charge is -2.34. The molecule has 0 aliphatic heterocycles. The van der Waals surface area contributed by atoms with Gasteiger partial charge < -0.3 is 61.6 Å². The number of ether oxygens (including phenoxy) is 3. The van der Waals surface area contributed by atoms with E-state index >= 15 is 0 Å². The van der Waals surface area contributed by atoms with E-state index in [-0.39, 0.29) is 11.1 Å². The molecule has 0 atom stereocenters. The number of fused-ring (bicyclic) bond motifs is 10. The molecule has 0 amide bonds. The number of carbonyl (C=O) groups is 3. The molecule has 2 aliphatic carbocycles. The van der Waals surface area contributed by atoms with Gasteiger partial charge in [0.05, 0.1) is 77.5 Å². The molecule has 0 bridgehead atoms. The fraction of sp³-hybridized carbons (Fsp3) is 0.0496. The molecule has 19 nitrogen and oxygen atoms in total. The third-order valence-corrected chi connectivity index (χ3v) is 26.3. The van der Waals surface area contributed by atoms with Gasteiger partial charge in [0.25, 0.3) is 6.47 Å². The summed E-state index contributed by atoms with van der Waals surface area (Å²) in [4.78, 5) is 66.4. The Labute approximate surface area is 806 Å². The highest BCUT2D eigenvalue weighted by atomic mass is 16.5. The molecule has 0 saturated carbocycles. The Morgan fingerprint density at radius 2 is 0.593 bits per heavy atom. The second-order valence-electron chi connectivity index (χ2n) is 35.1. The Morgan fingerprint density at radius 1 is 0.286 bits per heavy atom. The lowest BCUT2D eigenvalue weighted by atomic mass is 9.67. The van der Waals surface area contributed by atoms with Crippen molar-refractivity contribution in [3.8, 4) is 119 Å². The molecule has 0 radical (unpaired) electrons. The standard InChI is InChI=1S/C67H46N8O.C27H18O4.C14H12O3.C13H15N3/c1-39-11-23-48(24-12-39)67(54-9-5-3-7-52(54)53-8-4-6-10-55(53)67)49-25-13-41(14-26-49)64-70-57-33-21-46(37-61(57)73-64)47-22-34-59-63(38-47)75-66(72-59)43-17-29-51(30-18-43)76-50-27-15-42(16-28-50)65-71-58-32-20-45(36-62(58)74-65)44-19-31-56-60(35-44)69-40(2)68-56;28-17-31-21-15-13-20(14-16-21)27(19-11-9-18(10-12-19)26(29)30)24-7-3-1-5-22(24)23-6-2-4-8-25(23)27;1-10-2-6-12(7-3-10)17-13-8-4-11(5-9-13)14(15)16;1-8-2-3-9(6-12(8)15)10-4-5-11(14)13(16)7-10/h3-38H,1-2H3,(H,68,69)(H,70,73)(H,71,74)(H,72,75);1-17H,(H,29,30);2-9H,1H3,(H,15,16);2-7H,14-16H2,1H3. The highest BCUT2D eigenvalue weighted by Crippen LogP contribution is 2.58. The SMILES string of the molecule is Cc1ccc(-c2ccc(N)c(N)c2)cc1N.Cc1ccc(C2(c3ccc(-c4nc5cc(-c6ccc7nc(-c8ccc(Oc9ccc(-c%10nc%11cc(-c%12ccc%13nc(C)[nH]c%13c%12)ccc%11[nH]%10)cc9)cc8)[nH]c7c6)ccc5[nH]4)cc3)c3ccccc3-c3ccccc32)cc1.Cc1ccc(Oc2ccc(C(=O)O)cc2)cc1.O=COc1ccc(C2(c3ccc(C(=O)O)cc3)c3ccccc3-c3ccccc32)cc1. The van der Waals surface area contributed by atoms with Gasteiger partial charge in [-0.2, -0.15) is 0 Å². The summed E-state index contributed by atoms with van der Waals surface area (Å²) >= 11 is 0. The number of nitrogens with one attached hydrogen (secondary N) is 4. The molecule has 0 saturated heterocycles. The Bertz CT molecular complexity index is 8340. The predicted molar refractivity (Wildman–Crippen MR) is 557 cm³/mol. The number of aromatic nitrogens is 8. The van der Waals surface area contributed by atoms with Gasteiger partial charge in [0.15, 0.2) is 0 Å². The molecule has 19 heteroatoms. The van der Waals surface area contributed by atoms with E-state index in [1.807, 2.05) is 172 Å². The Kier molecular flexibility index (Phi) is 23.2. The number of benzene rings is 18. The molecule has 22 aromatic rings. The van der Waals surface area contributed by atoms with Crippen LogP contribution in [0.3, 0.4) is 0 Å². The van der Waals surface area contributed by atoms with Crippen molar-refractivity contribution in [2.75, 3.05) is 17.2 Å². The molecule has 24 rings (SSSR count). The summed E-state index contributed by atoms with van der Waals surface area (Å²) < 4.78 is 16.9. The minimum absolute atomic E-state index is 0.244. The molecule has 678 valence electrons. The molecule has 0 spiro atoms. The van der Waals surface area contributed by atoms with Gasteiger partial charge in [-0.3, -0.25) is 4.79 Å². The van der Waals surface area contributed by atoms with E-state index in [4.69, 9.17) is 51.5 Å². The maximum absolute atomic E-state index is 11.4. The third-order valence-electron chi connectivity index (χ3n) is 26.3. The van der Waals surface area contributed by atoms with Gasteiger partial charge in [-0.1, -0.05) is 236 Å². The van der Waals surface area contributed by atoms with E-state index in [0.29, 0.717) is 29.3 Å². The van der Waals surface area contributed by atoms with Crippen LogP contribution in [0, 0.1) is 27.7 Å². The van der Waals surface area contributed by atoms with Gasteiger partial charge in [-0.25, -0.2) is 29.5 Å². The van der Waals surface area contributed by atoms with Crippen molar-refractivity contribution in [1.82, 2.24) is 39.9 Å². The molecule has 12 N–H and O–H groups in total. The minimum Gasteiger partial charge on any atom is -0.478 e. The monoisotopic (exact) mass is 1830 g/mol. The molecule has 4 aromatic heterocycles. The topological polar surface area (TPSA) is 312 Å². The van der Waals surface area contributed by atoms with Crippen molar-refractivity contribution in [1.29, 1.82) is 0 Å². The summed E-state index contributed by atoms with van der Waals surface area (Å²) in [5.41, 5.74) is 53.4. The Morgan fingerprint density at radius 3 is 1.02 bits per heavy atom. The number of hydrogen-bond donors (Lipinski definition) is 9. The van der Waals surface area contributed by atoms with Gasteiger partial charge in [0, 0.05) is 22.4 Å². The maximum Gasteiger partial charge on any atom is 0.335 e. The summed E-state index contributed by atoms with van der Waals surface area (Å²) in [5, 5.41) is 18.1. The van der Waals surface area contributed by atoms with Crippen LogP contribution < -0.4 is 31.4 Å². The zero-order valence-electron chi connectivity index (χ0n) is 76.5. The van der Waals surface area contributed by atoms with Crippen LogP contribution in [-0.4, -0.2) is 68.5 Å². The van der Waals surface area contributed by atoms with Crippen molar-refractivity contribution >= 4 is 79.6 Å². The fourth-order valence-electron chi connectivity index (χ4n) is 19.2. The van der Waals surface area contributed by atoms with E-state index < -0.39 is 22.8 Å². The highest BCUT2D eigenvalue weighted by molar-refractivity contribution is 5.94. The van der Waals surface area contributed by atoms with Crippen molar-refractivity contribution < 1.29 is 38.8 Å². The molecular formula is C121H91N11O8. The zero-order chi connectivity index (χ0) is 95.9. The quantitative estimate of drug-likeness (QED) is 0.0285. The largest absolute Gasteiger partial charge is 0.478 e. The van der Waals surface area contributed by atoms with Crippen LogP contribution in [0.25, 0.3) is 134 Å². The first-order valence-electron chi connectivity index (χ1n) is 45.8. The number of hydrogen-bond acceptors (Lipinski definition) is 13. The van der Waals surface area contributed by atoms with Gasteiger partial charge in [0.1, 0.15) is 52.0 Å². The molecule has 140 heavy (non-hydrogen) atoms. The third kappa shape index (κ3) is 16.9. The maximum atomic E-state index is 11.4. The van der Waals surface area contributed by atoms with Crippen LogP contribution >= 0.6 is 0 Å². The average Bonchev–Trinajstić information content (AvgIpc) is 1.54. The van der Waals surface area contributed by atoms with Gasteiger partial charge in [0.2, 0.25) is 0 Å². The number of carboxylic acids is 2. The Hall–Kier alpha value is -18.8. The van der Waals surface area contributed by atoms with Gasteiger partial charge in [-0.05, 0) is 309 Å². The Balaban J connectivity index is 0.000000146. The van der Waals surface area contributed by atoms with Gasteiger partial charge in [-0.15, -0.1) is 0 Å². The first kappa shape index (κ1) is 87.9. The molecule has 2 aliphatic rings. The highest BCUT2D eigenvalue weighted by Gasteiger charge is 2.48. The number of nitrogens with zero attached hydrogens (tertiary/aromatic N) is 4. The number of carbonyl (C=O) groups excluding carboxylic acids is 1. The summed E-state index contributed by atoms with van der Waals surface area (Å²) in [6.45, 7) is 8.52. The number of anilines is 3. The molecule has 0 fully saturated rings. The summed E-state index contributed by atoms with van der Waals surface area (Å²) in [6, 6.07) is 134. The summed E-state index contributed by atoms with van der Waals surface area (Å²) in [5.74, 6) is 4.74. The minimum atomic E-state index is -0.955. The smallest absolute Gasteiger partial charge is 0.335 e. The molecule has 18 aromatic carbocycles. The fourth-order valence-corrected chi connectivity index (χ4v) is 19.2. The summed E-state index contributed by atoms with van der Waals surface area (Å²) in [7, 11) is 0. The number of carboxylic acid groups (broad SMARTS) is 2. The van der Waals surface area contributed by atoms with Crippen molar-refractivity contribution in [3.05, 3.63) is 479 Å².